The maximum Gasteiger partial charge on any atom is 0.416 e. The number of primary amides is 1. The number of amides is 2. The monoisotopic (exact) mass is 379 g/mol. The van der Waals surface area contributed by atoms with Crippen molar-refractivity contribution in [1.29, 1.82) is 0 Å². The first kappa shape index (κ1) is 21.2. The highest BCUT2D eigenvalue weighted by Crippen LogP contribution is 2.32. The summed E-state index contributed by atoms with van der Waals surface area (Å²) in [7, 11) is 0. The summed E-state index contributed by atoms with van der Waals surface area (Å²) >= 11 is 0. The molecule has 1 atom stereocenters. The number of nitrogens with two attached hydrogens (primary N) is 1. The van der Waals surface area contributed by atoms with Crippen LogP contribution in [-0.2, 0) is 21.3 Å². The van der Waals surface area contributed by atoms with E-state index in [0.717, 1.165) is 25.0 Å². The van der Waals surface area contributed by atoms with E-state index in [2.05, 4.69) is 10.6 Å². The van der Waals surface area contributed by atoms with E-state index < -0.39 is 29.1 Å². The molecule has 0 bridgehead atoms. The molecule has 2 rings (SSSR count). The number of hydrogen-bond donors (Lipinski definition) is 3. The van der Waals surface area contributed by atoms with Crippen molar-refractivity contribution in [1.82, 2.24) is 10.6 Å². The minimum Gasteiger partial charge on any atom is -0.367 e. The number of carbonyl (C=O) groups is 2. The molecule has 1 aliphatic rings. The van der Waals surface area contributed by atoms with Crippen molar-refractivity contribution in [2.75, 3.05) is 13.1 Å². The molecule has 4 N–H and O–H groups in total. The molecule has 1 aromatic carbocycles. The summed E-state index contributed by atoms with van der Waals surface area (Å²) in [4.78, 5) is 23.8. The highest BCUT2D eigenvalue weighted by molar-refractivity contribution is 5.91. The zero-order valence-corrected chi connectivity index (χ0v) is 14.5. The van der Waals surface area contributed by atoms with Gasteiger partial charge in [0.1, 0.15) is 5.54 Å². The fourth-order valence-corrected chi connectivity index (χ4v) is 2.32. The Bertz CT molecular complexity index is 635. The molecule has 0 spiro atoms. The Kier molecular flexibility index (Phi) is 6.84. The van der Waals surface area contributed by atoms with E-state index in [9.17, 15) is 22.8 Å². The Hall–Kier alpha value is -1.80. The summed E-state index contributed by atoms with van der Waals surface area (Å²) in [5.74, 6) is -0.865. The average Bonchev–Trinajstić information content (AvgIpc) is 3.30. The molecule has 0 heterocycles. The van der Waals surface area contributed by atoms with Gasteiger partial charge in [-0.2, -0.15) is 13.2 Å². The first-order valence-electron chi connectivity index (χ1n) is 7.62. The second-order valence-corrected chi connectivity index (χ2v) is 6.19. The van der Waals surface area contributed by atoms with Crippen LogP contribution in [0.3, 0.4) is 0 Å². The van der Waals surface area contributed by atoms with Crippen LogP contribution in [0.1, 0.15) is 30.9 Å². The van der Waals surface area contributed by atoms with E-state index in [1.54, 1.807) is 0 Å². The van der Waals surface area contributed by atoms with E-state index in [0.29, 0.717) is 12.5 Å². The molecular formula is C16H21ClF3N3O2. The average molecular weight is 380 g/mol. The minimum absolute atomic E-state index is 0. The number of benzene rings is 1. The van der Waals surface area contributed by atoms with Gasteiger partial charge in [0, 0.05) is 0 Å². The molecule has 1 unspecified atom stereocenters. The summed E-state index contributed by atoms with van der Waals surface area (Å²) < 4.78 is 38.6. The molecule has 0 aliphatic heterocycles. The van der Waals surface area contributed by atoms with Gasteiger partial charge in [0.15, 0.2) is 0 Å². The van der Waals surface area contributed by atoms with Crippen LogP contribution in [0.25, 0.3) is 0 Å². The molecule has 0 aromatic heterocycles. The molecular weight excluding hydrogens is 359 g/mol. The van der Waals surface area contributed by atoms with Crippen molar-refractivity contribution >= 4 is 24.2 Å². The van der Waals surface area contributed by atoms with Crippen LogP contribution < -0.4 is 16.4 Å². The van der Waals surface area contributed by atoms with Crippen molar-refractivity contribution in [2.45, 2.75) is 31.5 Å². The lowest BCUT2D eigenvalue weighted by molar-refractivity contribution is -0.138. The topological polar surface area (TPSA) is 84.2 Å². The number of nitrogens with one attached hydrogen (secondary N) is 2. The van der Waals surface area contributed by atoms with Crippen molar-refractivity contribution in [2.24, 2.45) is 11.7 Å². The minimum atomic E-state index is -4.55. The third-order valence-electron chi connectivity index (χ3n) is 4.06. The van der Waals surface area contributed by atoms with E-state index in [-0.39, 0.29) is 24.5 Å². The lowest BCUT2D eigenvalue weighted by Crippen LogP contribution is -2.54. The second kappa shape index (κ2) is 8.05. The fraction of sp³-hybridized carbons (Fsp3) is 0.500. The predicted octanol–water partition coefficient (Wildman–Crippen LogP) is 1.94. The highest BCUT2D eigenvalue weighted by atomic mass is 35.5. The summed E-state index contributed by atoms with van der Waals surface area (Å²) in [6, 6.07) is 4.22. The highest BCUT2D eigenvalue weighted by Gasteiger charge is 2.38. The SMILES string of the molecule is CC(NC(=O)CNCC1CC1)(C(N)=O)c1cccc(C(F)(F)F)c1.Cl. The molecule has 25 heavy (non-hydrogen) atoms. The lowest BCUT2D eigenvalue weighted by atomic mass is 9.89. The van der Waals surface area contributed by atoms with Gasteiger partial charge >= 0.3 is 6.18 Å². The summed E-state index contributed by atoms with van der Waals surface area (Å²) in [5.41, 5.74) is 2.70. The number of halogens is 4. The molecule has 0 saturated heterocycles. The first-order valence-corrected chi connectivity index (χ1v) is 7.62. The smallest absolute Gasteiger partial charge is 0.367 e. The molecule has 140 valence electrons. The van der Waals surface area contributed by atoms with Crippen LogP contribution in [0.15, 0.2) is 24.3 Å². The molecule has 9 heteroatoms. The summed E-state index contributed by atoms with van der Waals surface area (Å²) in [6.07, 6.45) is -2.31. The summed E-state index contributed by atoms with van der Waals surface area (Å²) in [5, 5.41) is 5.39. The third kappa shape index (κ3) is 5.61. The van der Waals surface area contributed by atoms with Crippen molar-refractivity contribution < 1.29 is 22.8 Å². The van der Waals surface area contributed by atoms with Crippen LogP contribution in [0.4, 0.5) is 13.2 Å². The zero-order valence-electron chi connectivity index (χ0n) is 13.7. The molecule has 0 radical (unpaired) electrons. The second-order valence-electron chi connectivity index (χ2n) is 6.19. The molecule has 2 amide bonds. The number of alkyl halides is 3. The summed E-state index contributed by atoms with van der Waals surface area (Å²) in [6.45, 7) is 1.96. The van der Waals surface area contributed by atoms with Gasteiger partial charge in [0.2, 0.25) is 11.8 Å². The zero-order chi connectivity index (χ0) is 18.0. The normalized spacial score (nSPS) is 16.5. The third-order valence-corrected chi connectivity index (χ3v) is 4.06. The van der Waals surface area contributed by atoms with E-state index in [4.69, 9.17) is 5.73 Å². The lowest BCUT2D eigenvalue weighted by Gasteiger charge is -2.28. The first-order chi connectivity index (χ1) is 11.1. The Labute approximate surface area is 149 Å². The fourth-order valence-electron chi connectivity index (χ4n) is 2.32. The Balaban J connectivity index is 0.00000312. The standard InChI is InChI=1S/C16H20F3N3O2.ClH/c1-15(14(20)24,22-13(23)9-21-8-10-5-6-10)11-3-2-4-12(7-11)16(17,18)19;/h2-4,7,10,21H,5-6,8-9H2,1H3,(H2,20,24)(H,22,23);1H. The van der Waals surface area contributed by atoms with Crippen LogP contribution in [0, 0.1) is 5.92 Å². The van der Waals surface area contributed by atoms with Crippen molar-refractivity contribution in [3.8, 4) is 0 Å². The van der Waals surface area contributed by atoms with Gasteiger partial charge < -0.3 is 16.4 Å². The van der Waals surface area contributed by atoms with Crippen LogP contribution in [-0.4, -0.2) is 24.9 Å². The quantitative estimate of drug-likeness (QED) is 0.677. The van der Waals surface area contributed by atoms with Crippen LogP contribution in [0.2, 0.25) is 0 Å². The van der Waals surface area contributed by atoms with Crippen molar-refractivity contribution in [3.05, 3.63) is 35.4 Å². The maximum atomic E-state index is 12.9. The van der Waals surface area contributed by atoms with Gasteiger partial charge in [-0.15, -0.1) is 12.4 Å². The molecule has 1 saturated carbocycles. The number of carbonyl (C=O) groups excluding carboxylic acids is 2. The van der Waals surface area contributed by atoms with Gasteiger partial charge in [0.05, 0.1) is 12.1 Å². The predicted molar refractivity (Wildman–Crippen MR) is 89.0 cm³/mol. The van der Waals surface area contributed by atoms with Gasteiger partial charge in [-0.1, -0.05) is 12.1 Å². The van der Waals surface area contributed by atoms with Gasteiger partial charge in [0.25, 0.3) is 0 Å². The van der Waals surface area contributed by atoms with E-state index in [1.807, 2.05) is 0 Å². The largest absolute Gasteiger partial charge is 0.416 e. The van der Waals surface area contributed by atoms with Crippen LogP contribution >= 0.6 is 12.4 Å². The Morgan fingerprint density at radius 1 is 1.24 bits per heavy atom. The molecule has 5 nitrogen and oxygen atoms in total. The molecule has 1 fully saturated rings. The van der Waals surface area contributed by atoms with Crippen molar-refractivity contribution in [3.63, 3.8) is 0 Å². The number of rotatable bonds is 7. The molecule has 1 aliphatic carbocycles. The van der Waals surface area contributed by atoms with E-state index in [1.165, 1.54) is 19.1 Å². The number of hydrogen-bond acceptors (Lipinski definition) is 3. The van der Waals surface area contributed by atoms with E-state index >= 15 is 0 Å². The Morgan fingerprint density at radius 3 is 2.36 bits per heavy atom. The van der Waals surface area contributed by atoms with Gasteiger partial charge in [-0.05, 0) is 49.9 Å². The maximum absolute atomic E-state index is 12.9. The van der Waals surface area contributed by atoms with Gasteiger partial charge in [-0.25, -0.2) is 0 Å². The Morgan fingerprint density at radius 2 is 1.84 bits per heavy atom. The van der Waals surface area contributed by atoms with Gasteiger partial charge in [-0.3, -0.25) is 9.59 Å². The molecule has 1 aromatic rings. The van der Waals surface area contributed by atoms with Crippen LogP contribution in [0.5, 0.6) is 0 Å².